The number of amides is 1. The van der Waals surface area contributed by atoms with Gasteiger partial charge in [-0.15, -0.1) is 0 Å². The van der Waals surface area contributed by atoms with Crippen LogP contribution in [0.25, 0.3) is 0 Å². The van der Waals surface area contributed by atoms with E-state index < -0.39 is 12.1 Å². The average Bonchev–Trinajstić information content (AvgIpc) is 2.88. The van der Waals surface area contributed by atoms with Crippen LogP contribution in [0.1, 0.15) is 61.4 Å². The number of hydrogen-bond donors (Lipinski definition) is 3. The van der Waals surface area contributed by atoms with E-state index >= 15 is 0 Å². The Morgan fingerprint density at radius 3 is 2.84 bits per heavy atom. The van der Waals surface area contributed by atoms with E-state index in [1.807, 2.05) is 0 Å². The first kappa shape index (κ1) is 14.0. The zero-order chi connectivity index (χ0) is 13.8. The van der Waals surface area contributed by atoms with Gasteiger partial charge in [-0.05, 0) is 19.8 Å². The van der Waals surface area contributed by atoms with E-state index in [4.69, 9.17) is 10.2 Å². The Morgan fingerprint density at radius 1 is 1.53 bits per heavy atom. The smallest absolute Gasteiger partial charge is 0.273 e. The lowest BCUT2D eigenvalue weighted by molar-refractivity contribution is 0.0922. The molecule has 6 nitrogen and oxygen atoms in total. The van der Waals surface area contributed by atoms with Crippen LogP contribution in [0.4, 0.5) is 0 Å². The SMILES string of the molecule is CC(O)C(N)c1nc(C(=O)NC2CCCCC2)co1. The Morgan fingerprint density at radius 2 is 2.21 bits per heavy atom. The summed E-state index contributed by atoms with van der Waals surface area (Å²) in [5.74, 6) is -0.0523. The van der Waals surface area contributed by atoms with Gasteiger partial charge in [0.05, 0.1) is 6.10 Å². The summed E-state index contributed by atoms with van der Waals surface area (Å²) in [4.78, 5) is 16.0. The summed E-state index contributed by atoms with van der Waals surface area (Å²) in [7, 11) is 0. The molecule has 1 aromatic rings. The van der Waals surface area contributed by atoms with Crippen LogP contribution < -0.4 is 11.1 Å². The van der Waals surface area contributed by atoms with Crippen LogP contribution in [0.2, 0.25) is 0 Å². The molecule has 1 amide bonds. The molecule has 106 valence electrons. The van der Waals surface area contributed by atoms with Crippen LogP contribution >= 0.6 is 0 Å². The van der Waals surface area contributed by atoms with Gasteiger partial charge < -0.3 is 20.6 Å². The standard InChI is InChI=1S/C13H21N3O3/c1-8(17)11(14)13-16-10(7-19-13)12(18)15-9-5-3-2-4-6-9/h7-9,11,17H,2-6,14H2,1H3,(H,15,18). The Hall–Kier alpha value is -1.40. The maximum Gasteiger partial charge on any atom is 0.273 e. The Balaban J connectivity index is 1.95. The molecule has 0 aromatic carbocycles. The molecular formula is C13H21N3O3. The van der Waals surface area contributed by atoms with Crippen molar-refractivity contribution in [3.05, 3.63) is 17.8 Å². The Bertz CT molecular complexity index is 425. The zero-order valence-electron chi connectivity index (χ0n) is 11.1. The van der Waals surface area contributed by atoms with Crippen LogP contribution in [-0.2, 0) is 0 Å². The fraction of sp³-hybridized carbons (Fsp3) is 0.692. The third-order valence-corrected chi connectivity index (χ3v) is 3.50. The first-order chi connectivity index (χ1) is 9.08. The molecule has 0 spiro atoms. The molecule has 19 heavy (non-hydrogen) atoms. The van der Waals surface area contributed by atoms with Crippen LogP contribution in [0.5, 0.6) is 0 Å². The summed E-state index contributed by atoms with van der Waals surface area (Å²) in [5, 5.41) is 12.3. The van der Waals surface area contributed by atoms with Crippen LogP contribution in [0.15, 0.2) is 10.7 Å². The fourth-order valence-corrected chi connectivity index (χ4v) is 2.26. The first-order valence-electron chi connectivity index (χ1n) is 6.78. The van der Waals surface area contributed by atoms with Gasteiger partial charge in [0.1, 0.15) is 12.3 Å². The number of carbonyl (C=O) groups is 1. The molecule has 2 atom stereocenters. The van der Waals surface area contributed by atoms with E-state index in [-0.39, 0.29) is 23.5 Å². The predicted octanol–water partition coefficient (Wildman–Crippen LogP) is 1.12. The molecule has 2 unspecified atom stereocenters. The number of aromatic nitrogens is 1. The van der Waals surface area contributed by atoms with Crippen molar-refractivity contribution in [3.63, 3.8) is 0 Å². The number of oxazole rings is 1. The Labute approximate surface area is 112 Å². The number of nitrogens with two attached hydrogens (primary N) is 1. The molecule has 1 aromatic heterocycles. The Kier molecular flexibility index (Phi) is 4.55. The highest BCUT2D eigenvalue weighted by Crippen LogP contribution is 2.18. The van der Waals surface area contributed by atoms with Crippen LogP contribution in [0, 0.1) is 0 Å². The lowest BCUT2D eigenvalue weighted by Crippen LogP contribution is -2.36. The number of nitrogens with zero attached hydrogens (tertiary/aromatic N) is 1. The second-order valence-corrected chi connectivity index (χ2v) is 5.15. The van der Waals surface area contributed by atoms with Crippen molar-refractivity contribution in [2.24, 2.45) is 5.73 Å². The topological polar surface area (TPSA) is 101 Å². The highest BCUT2D eigenvalue weighted by atomic mass is 16.3. The minimum atomic E-state index is -0.770. The summed E-state index contributed by atoms with van der Waals surface area (Å²) in [6.07, 6.45) is 6.10. The molecule has 0 saturated heterocycles. The molecule has 0 radical (unpaired) electrons. The molecule has 0 aliphatic heterocycles. The molecule has 2 rings (SSSR count). The number of carbonyl (C=O) groups excluding carboxylic acids is 1. The van der Waals surface area contributed by atoms with Gasteiger partial charge in [0.25, 0.3) is 5.91 Å². The number of aliphatic hydroxyl groups excluding tert-OH is 1. The fourth-order valence-electron chi connectivity index (χ4n) is 2.26. The quantitative estimate of drug-likeness (QED) is 0.758. The molecule has 0 bridgehead atoms. The highest BCUT2D eigenvalue weighted by molar-refractivity contribution is 5.92. The summed E-state index contributed by atoms with van der Waals surface area (Å²) >= 11 is 0. The maximum absolute atomic E-state index is 12.0. The molecular weight excluding hydrogens is 246 g/mol. The van der Waals surface area contributed by atoms with Gasteiger partial charge in [-0.2, -0.15) is 0 Å². The molecule has 1 aliphatic carbocycles. The van der Waals surface area contributed by atoms with Gasteiger partial charge in [-0.1, -0.05) is 19.3 Å². The van der Waals surface area contributed by atoms with Crippen molar-refractivity contribution in [2.45, 2.75) is 57.2 Å². The molecule has 1 saturated carbocycles. The van der Waals surface area contributed by atoms with Gasteiger partial charge in [-0.25, -0.2) is 4.98 Å². The van der Waals surface area contributed by atoms with Crippen molar-refractivity contribution in [3.8, 4) is 0 Å². The summed E-state index contributed by atoms with van der Waals surface area (Å²) in [6.45, 7) is 1.55. The van der Waals surface area contributed by atoms with Crippen molar-refractivity contribution in [1.29, 1.82) is 0 Å². The number of aliphatic hydroxyl groups is 1. The van der Waals surface area contributed by atoms with E-state index in [0.29, 0.717) is 0 Å². The number of rotatable bonds is 4. The van der Waals surface area contributed by atoms with E-state index in [9.17, 15) is 9.90 Å². The summed E-state index contributed by atoms with van der Waals surface area (Å²) < 4.78 is 5.14. The van der Waals surface area contributed by atoms with Gasteiger partial charge in [0.2, 0.25) is 5.89 Å². The van der Waals surface area contributed by atoms with Crippen molar-refractivity contribution in [2.75, 3.05) is 0 Å². The van der Waals surface area contributed by atoms with Gasteiger partial charge in [0, 0.05) is 6.04 Å². The second kappa shape index (κ2) is 6.16. The predicted molar refractivity (Wildman–Crippen MR) is 69.5 cm³/mol. The average molecular weight is 267 g/mol. The number of hydrogen-bond acceptors (Lipinski definition) is 5. The van der Waals surface area contributed by atoms with Gasteiger partial charge in [-0.3, -0.25) is 4.79 Å². The molecule has 1 aliphatic rings. The third-order valence-electron chi connectivity index (χ3n) is 3.50. The second-order valence-electron chi connectivity index (χ2n) is 5.15. The first-order valence-corrected chi connectivity index (χ1v) is 6.78. The van der Waals surface area contributed by atoms with Crippen LogP contribution in [0.3, 0.4) is 0 Å². The summed E-state index contributed by atoms with van der Waals surface area (Å²) in [6, 6.07) is -0.483. The van der Waals surface area contributed by atoms with Gasteiger partial charge >= 0.3 is 0 Å². The molecule has 4 N–H and O–H groups in total. The molecule has 1 fully saturated rings. The zero-order valence-corrected chi connectivity index (χ0v) is 11.1. The lowest BCUT2D eigenvalue weighted by atomic mass is 9.95. The highest BCUT2D eigenvalue weighted by Gasteiger charge is 2.22. The molecule has 6 heteroatoms. The number of nitrogens with one attached hydrogen (secondary N) is 1. The van der Waals surface area contributed by atoms with Crippen molar-refractivity contribution < 1.29 is 14.3 Å². The molecule has 1 heterocycles. The lowest BCUT2D eigenvalue weighted by Gasteiger charge is -2.22. The normalized spacial score (nSPS) is 19.9. The van der Waals surface area contributed by atoms with E-state index in [0.717, 1.165) is 25.7 Å². The van der Waals surface area contributed by atoms with E-state index in [2.05, 4.69) is 10.3 Å². The van der Waals surface area contributed by atoms with Crippen molar-refractivity contribution >= 4 is 5.91 Å². The minimum absolute atomic E-state index is 0.184. The minimum Gasteiger partial charge on any atom is -0.446 e. The van der Waals surface area contributed by atoms with Crippen LogP contribution in [-0.4, -0.2) is 28.1 Å². The van der Waals surface area contributed by atoms with E-state index in [1.165, 1.54) is 12.7 Å². The maximum atomic E-state index is 12.0. The van der Waals surface area contributed by atoms with Crippen molar-refractivity contribution in [1.82, 2.24) is 10.3 Å². The monoisotopic (exact) mass is 267 g/mol. The van der Waals surface area contributed by atoms with E-state index in [1.54, 1.807) is 6.92 Å². The summed E-state index contributed by atoms with van der Waals surface area (Å²) in [5.41, 5.74) is 5.92. The largest absolute Gasteiger partial charge is 0.446 e. The third kappa shape index (κ3) is 3.54. The van der Waals surface area contributed by atoms with Gasteiger partial charge in [0.15, 0.2) is 5.69 Å².